The number of hydrogen-bond acceptors (Lipinski definition) is 1. The molecule has 0 spiro atoms. The van der Waals surface area contributed by atoms with Crippen LogP contribution in [0.25, 0.3) is 6.08 Å². The molecule has 0 saturated heterocycles. The van der Waals surface area contributed by atoms with Crippen molar-refractivity contribution in [2.75, 3.05) is 0 Å². The van der Waals surface area contributed by atoms with Gasteiger partial charge in [-0.2, -0.15) is 0 Å². The number of carbonyl (C=O) groups excluding carboxylic acids is 1. The van der Waals surface area contributed by atoms with Crippen molar-refractivity contribution >= 4 is 12.4 Å². The van der Waals surface area contributed by atoms with Crippen LogP contribution in [0.5, 0.6) is 0 Å². The van der Waals surface area contributed by atoms with Gasteiger partial charge in [-0.05, 0) is 23.1 Å². The van der Waals surface area contributed by atoms with Crippen molar-refractivity contribution in [2.24, 2.45) is 0 Å². The Morgan fingerprint density at radius 3 is 3.00 bits per heavy atom. The Morgan fingerprint density at radius 1 is 1.24 bits per heavy atom. The van der Waals surface area contributed by atoms with Crippen molar-refractivity contribution in [3.8, 4) is 0 Å². The molecule has 1 unspecified atom stereocenters. The van der Waals surface area contributed by atoms with E-state index in [-0.39, 0.29) is 5.41 Å². The number of benzene rings is 1. The lowest BCUT2D eigenvalue weighted by molar-refractivity contribution is -0.108. The predicted molar refractivity (Wildman–Crippen MR) is 69.7 cm³/mol. The van der Waals surface area contributed by atoms with Gasteiger partial charge in [0.2, 0.25) is 0 Å². The molecule has 0 bridgehead atoms. The van der Waals surface area contributed by atoms with Crippen LogP contribution >= 0.6 is 0 Å². The number of hydrogen-bond donors (Lipinski definition) is 0. The minimum Gasteiger partial charge on any atom is -0.303 e. The van der Waals surface area contributed by atoms with Crippen molar-refractivity contribution < 1.29 is 4.79 Å². The molecule has 1 aromatic rings. The standard InChI is InChI=1S/C16H14O/c17-12-11-16-10-4-3-6-14(16)9-8-13-5-1-2-7-15(13)16/h1-2,4-10,12H,3,11H2. The van der Waals surface area contributed by atoms with Gasteiger partial charge in [-0.1, -0.05) is 54.6 Å². The SMILES string of the molecule is O=CCC12C=CCC=C1C=Cc1ccccc12. The molecule has 17 heavy (non-hydrogen) atoms. The van der Waals surface area contributed by atoms with Crippen molar-refractivity contribution in [3.63, 3.8) is 0 Å². The fraction of sp³-hybridized carbons (Fsp3) is 0.188. The highest BCUT2D eigenvalue weighted by atomic mass is 16.1. The molecule has 1 aromatic carbocycles. The first-order valence-corrected chi connectivity index (χ1v) is 5.96. The summed E-state index contributed by atoms with van der Waals surface area (Å²) in [5.41, 5.74) is 3.51. The number of allylic oxidation sites excluding steroid dienone is 5. The molecule has 0 amide bonds. The van der Waals surface area contributed by atoms with E-state index in [1.165, 1.54) is 16.7 Å². The molecule has 3 rings (SSSR count). The lowest BCUT2D eigenvalue weighted by Crippen LogP contribution is -2.30. The maximum Gasteiger partial charge on any atom is 0.121 e. The first-order chi connectivity index (χ1) is 8.37. The maximum atomic E-state index is 11.0. The second kappa shape index (κ2) is 3.85. The zero-order valence-corrected chi connectivity index (χ0v) is 9.60. The van der Waals surface area contributed by atoms with Crippen LogP contribution in [0.15, 0.2) is 54.1 Å². The van der Waals surface area contributed by atoms with Gasteiger partial charge in [0, 0.05) is 11.8 Å². The average Bonchev–Trinajstić information content (AvgIpc) is 2.39. The summed E-state index contributed by atoms with van der Waals surface area (Å²) < 4.78 is 0. The van der Waals surface area contributed by atoms with E-state index in [1.807, 2.05) is 12.1 Å². The molecular formula is C16H14O. The third-order valence-electron chi connectivity index (χ3n) is 3.68. The zero-order valence-electron chi connectivity index (χ0n) is 9.60. The minimum absolute atomic E-state index is 0.217. The van der Waals surface area contributed by atoms with Crippen LogP contribution < -0.4 is 0 Å². The van der Waals surface area contributed by atoms with Crippen LogP contribution in [0.1, 0.15) is 24.0 Å². The Balaban J connectivity index is 2.26. The Bertz CT molecular complexity index is 548. The molecule has 0 aromatic heterocycles. The van der Waals surface area contributed by atoms with Gasteiger partial charge < -0.3 is 4.79 Å². The van der Waals surface area contributed by atoms with Crippen LogP contribution in [0.3, 0.4) is 0 Å². The first kappa shape index (κ1) is 10.3. The summed E-state index contributed by atoms with van der Waals surface area (Å²) in [7, 11) is 0. The second-order valence-corrected chi connectivity index (χ2v) is 4.56. The Labute approximate surface area is 101 Å². The van der Waals surface area contributed by atoms with E-state index < -0.39 is 0 Å². The molecule has 1 heteroatoms. The Kier molecular flexibility index (Phi) is 2.32. The largest absolute Gasteiger partial charge is 0.303 e. The Hall–Kier alpha value is -1.89. The van der Waals surface area contributed by atoms with E-state index in [1.54, 1.807) is 0 Å². The van der Waals surface area contributed by atoms with Gasteiger partial charge >= 0.3 is 0 Å². The van der Waals surface area contributed by atoms with Crippen molar-refractivity contribution in [2.45, 2.75) is 18.3 Å². The fourth-order valence-corrected chi connectivity index (χ4v) is 2.86. The van der Waals surface area contributed by atoms with Gasteiger partial charge in [0.15, 0.2) is 0 Å². The van der Waals surface area contributed by atoms with Crippen LogP contribution in [0, 0.1) is 0 Å². The third-order valence-corrected chi connectivity index (χ3v) is 3.68. The zero-order chi connectivity index (χ0) is 11.7. The van der Waals surface area contributed by atoms with Gasteiger partial charge in [-0.25, -0.2) is 0 Å². The molecule has 0 fully saturated rings. The molecule has 0 aliphatic heterocycles. The van der Waals surface area contributed by atoms with Crippen LogP contribution in [0.2, 0.25) is 0 Å². The van der Waals surface area contributed by atoms with E-state index in [0.717, 1.165) is 12.7 Å². The summed E-state index contributed by atoms with van der Waals surface area (Å²) in [6, 6.07) is 8.33. The third kappa shape index (κ3) is 1.42. The lowest BCUT2D eigenvalue weighted by Gasteiger charge is -2.37. The van der Waals surface area contributed by atoms with E-state index in [4.69, 9.17) is 0 Å². The monoisotopic (exact) mass is 222 g/mol. The molecule has 2 aliphatic carbocycles. The van der Waals surface area contributed by atoms with Crippen molar-refractivity contribution in [1.29, 1.82) is 0 Å². The number of rotatable bonds is 2. The first-order valence-electron chi connectivity index (χ1n) is 5.96. The molecule has 1 atom stereocenters. The van der Waals surface area contributed by atoms with E-state index in [2.05, 4.69) is 42.5 Å². The maximum absolute atomic E-state index is 11.0. The summed E-state index contributed by atoms with van der Waals surface area (Å²) in [5, 5.41) is 0. The molecular weight excluding hydrogens is 208 g/mol. The van der Waals surface area contributed by atoms with E-state index >= 15 is 0 Å². The lowest BCUT2D eigenvalue weighted by atomic mass is 9.66. The van der Waals surface area contributed by atoms with Crippen LogP contribution in [0.4, 0.5) is 0 Å². The molecule has 84 valence electrons. The van der Waals surface area contributed by atoms with Gasteiger partial charge in [0.25, 0.3) is 0 Å². The van der Waals surface area contributed by atoms with Gasteiger partial charge in [0.05, 0.1) is 0 Å². The summed E-state index contributed by atoms with van der Waals surface area (Å²) in [4.78, 5) is 11.0. The molecule has 0 saturated carbocycles. The second-order valence-electron chi connectivity index (χ2n) is 4.56. The van der Waals surface area contributed by atoms with Crippen molar-refractivity contribution in [3.05, 3.63) is 65.3 Å². The smallest absolute Gasteiger partial charge is 0.121 e. The predicted octanol–water partition coefficient (Wildman–Crippen LogP) is 3.43. The van der Waals surface area contributed by atoms with E-state index in [9.17, 15) is 4.79 Å². The summed E-state index contributed by atoms with van der Waals surface area (Å²) in [5.74, 6) is 0. The highest BCUT2D eigenvalue weighted by Crippen LogP contribution is 2.44. The highest BCUT2D eigenvalue weighted by molar-refractivity contribution is 5.72. The number of carbonyl (C=O) groups is 1. The van der Waals surface area contributed by atoms with Gasteiger partial charge in [-0.3, -0.25) is 0 Å². The topological polar surface area (TPSA) is 17.1 Å². The molecule has 0 heterocycles. The van der Waals surface area contributed by atoms with Gasteiger partial charge in [0.1, 0.15) is 6.29 Å². The molecule has 0 radical (unpaired) electrons. The van der Waals surface area contributed by atoms with E-state index in [0.29, 0.717) is 6.42 Å². The normalized spacial score (nSPS) is 24.8. The fourth-order valence-electron chi connectivity index (χ4n) is 2.86. The molecule has 1 nitrogen and oxygen atoms in total. The number of fused-ring (bicyclic) bond motifs is 3. The average molecular weight is 222 g/mol. The summed E-state index contributed by atoms with van der Waals surface area (Å²) >= 11 is 0. The molecule has 2 aliphatic rings. The van der Waals surface area contributed by atoms with Gasteiger partial charge in [-0.15, -0.1) is 0 Å². The highest BCUT2D eigenvalue weighted by Gasteiger charge is 2.36. The van der Waals surface area contributed by atoms with Crippen molar-refractivity contribution in [1.82, 2.24) is 0 Å². The summed E-state index contributed by atoms with van der Waals surface area (Å²) in [6.07, 6.45) is 13.4. The Morgan fingerprint density at radius 2 is 2.12 bits per heavy atom. The quantitative estimate of drug-likeness (QED) is 0.553. The van der Waals surface area contributed by atoms with Crippen LogP contribution in [-0.2, 0) is 10.2 Å². The number of aldehydes is 1. The summed E-state index contributed by atoms with van der Waals surface area (Å²) in [6.45, 7) is 0. The minimum atomic E-state index is -0.217. The molecule has 0 N–H and O–H groups in total. The van der Waals surface area contributed by atoms with Crippen LogP contribution in [-0.4, -0.2) is 6.29 Å².